The van der Waals surface area contributed by atoms with Crippen molar-refractivity contribution >= 4 is 5.96 Å². The minimum Gasteiger partial charge on any atom is -0.493 e. The largest absolute Gasteiger partial charge is 0.493 e. The first-order valence-electron chi connectivity index (χ1n) is 8.69. The second-order valence-corrected chi connectivity index (χ2v) is 6.03. The molecule has 0 saturated heterocycles. The van der Waals surface area contributed by atoms with Gasteiger partial charge < -0.3 is 20.5 Å². The van der Waals surface area contributed by atoms with Crippen molar-refractivity contribution in [2.75, 3.05) is 19.8 Å². The minimum atomic E-state index is 0.135. The van der Waals surface area contributed by atoms with E-state index in [-0.39, 0.29) is 12.6 Å². The first-order valence-corrected chi connectivity index (χ1v) is 8.69. The summed E-state index contributed by atoms with van der Waals surface area (Å²) in [5.41, 5.74) is 8.36. The highest BCUT2D eigenvalue weighted by Gasteiger charge is 2.21. The van der Waals surface area contributed by atoms with E-state index in [1.165, 1.54) is 5.56 Å². The second-order valence-electron chi connectivity index (χ2n) is 6.03. The molecule has 2 aromatic carbocycles. The molecule has 0 amide bonds. The van der Waals surface area contributed by atoms with Gasteiger partial charge in [-0.15, -0.1) is 6.42 Å². The van der Waals surface area contributed by atoms with Crippen molar-refractivity contribution in [1.29, 1.82) is 0 Å². The summed E-state index contributed by atoms with van der Waals surface area (Å²) in [6.07, 6.45) is 6.85. The standard InChI is InChI=1S/C21H23N3O2/c1-2-14-25-17-9-7-16(8-10-17)11-13-23-21(22)24-19-12-15-26-20-6-4-3-5-18(19)20/h1,3-10,19H,11-15H2,(H3,22,23,24). The van der Waals surface area contributed by atoms with Gasteiger partial charge in [0.25, 0.3) is 0 Å². The fraction of sp³-hybridized carbons (Fsp3) is 0.286. The van der Waals surface area contributed by atoms with Crippen molar-refractivity contribution in [2.45, 2.75) is 18.9 Å². The molecule has 0 spiro atoms. The van der Waals surface area contributed by atoms with Gasteiger partial charge in [0.1, 0.15) is 18.1 Å². The number of hydrogen-bond acceptors (Lipinski definition) is 3. The van der Waals surface area contributed by atoms with Crippen LogP contribution in [-0.4, -0.2) is 25.7 Å². The average molecular weight is 349 g/mol. The average Bonchev–Trinajstić information content (AvgIpc) is 2.68. The van der Waals surface area contributed by atoms with Crippen molar-refractivity contribution in [2.24, 2.45) is 10.7 Å². The van der Waals surface area contributed by atoms with Crippen molar-refractivity contribution in [3.8, 4) is 23.8 Å². The van der Waals surface area contributed by atoms with Gasteiger partial charge >= 0.3 is 0 Å². The lowest BCUT2D eigenvalue weighted by Gasteiger charge is -2.26. The predicted molar refractivity (Wildman–Crippen MR) is 103 cm³/mol. The maximum atomic E-state index is 6.06. The summed E-state index contributed by atoms with van der Waals surface area (Å²) in [6.45, 7) is 1.57. The lowest BCUT2D eigenvalue weighted by Crippen LogP contribution is -2.37. The Bertz CT molecular complexity index is 794. The molecule has 5 heteroatoms. The summed E-state index contributed by atoms with van der Waals surface area (Å²) in [5, 5.41) is 3.30. The number of fused-ring (bicyclic) bond motifs is 1. The van der Waals surface area contributed by atoms with E-state index in [1.807, 2.05) is 42.5 Å². The van der Waals surface area contributed by atoms with E-state index in [0.717, 1.165) is 29.9 Å². The number of rotatable bonds is 6. The molecule has 5 nitrogen and oxygen atoms in total. The first kappa shape index (κ1) is 17.7. The van der Waals surface area contributed by atoms with Crippen molar-refractivity contribution in [3.63, 3.8) is 0 Å². The molecule has 2 aromatic rings. The quantitative estimate of drug-likeness (QED) is 0.478. The molecule has 0 aromatic heterocycles. The maximum Gasteiger partial charge on any atom is 0.189 e. The van der Waals surface area contributed by atoms with Crippen LogP contribution in [0, 0.1) is 12.3 Å². The number of benzene rings is 2. The molecule has 0 saturated carbocycles. The fourth-order valence-electron chi connectivity index (χ4n) is 2.90. The highest BCUT2D eigenvalue weighted by atomic mass is 16.5. The van der Waals surface area contributed by atoms with E-state index in [9.17, 15) is 0 Å². The van der Waals surface area contributed by atoms with Crippen LogP contribution in [0.2, 0.25) is 0 Å². The number of para-hydroxylation sites is 1. The van der Waals surface area contributed by atoms with Crippen LogP contribution < -0.4 is 20.5 Å². The van der Waals surface area contributed by atoms with Gasteiger partial charge in [0.2, 0.25) is 0 Å². The predicted octanol–water partition coefficient (Wildman–Crippen LogP) is 2.67. The van der Waals surface area contributed by atoms with E-state index < -0.39 is 0 Å². The topological polar surface area (TPSA) is 68.9 Å². The van der Waals surface area contributed by atoms with Crippen molar-refractivity contribution in [3.05, 3.63) is 59.7 Å². The number of hydrogen-bond donors (Lipinski definition) is 2. The summed E-state index contributed by atoms with van der Waals surface area (Å²) in [6, 6.07) is 16.0. The normalized spacial score (nSPS) is 16.1. The second kappa shape index (κ2) is 8.82. The molecule has 0 aliphatic carbocycles. The highest BCUT2D eigenvalue weighted by molar-refractivity contribution is 5.78. The van der Waals surface area contributed by atoms with Crippen LogP contribution in [0.3, 0.4) is 0 Å². The van der Waals surface area contributed by atoms with Crippen LogP contribution in [0.4, 0.5) is 0 Å². The Hall–Kier alpha value is -3.13. The van der Waals surface area contributed by atoms with Crippen LogP contribution in [0.5, 0.6) is 11.5 Å². The molecule has 3 N–H and O–H groups in total. The van der Waals surface area contributed by atoms with E-state index in [1.54, 1.807) is 0 Å². The van der Waals surface area contributed by atoms with Gasteiger partial charge in [-0.2, -0.15) is 0 Å². The van der Waals surface area contributed by atoms with E-state index in [4.69, 9.17) is 21.6 Å². The molecule has 26 heavy (non-hydrogen) atoms. The Morgan fingerprint density at radius 2 is 2.08 bits per heavy atom. The van der Waals surface area contributed by atoms with Gasteiger partial charge in [0, 0.05) is 18.5 Å². The van der Waals surface area contributed by atoms with Crippen molar-refractivity contribution < 1.29 is 9.47 Å². The molecular weight excluding hydrogens is 326 g/mol. The Morgan fingerprint density at radius 1 is 1.27 bits per heavy atom. The van der Waals surface area contributed by atoms with Crippen molar-refractivity contribution in [1.82, 2.24) is 5.32 Å². The number of nitrogens with one attached hydrogen (secondary N) is 1. The zero-order chi connectivity index (χ0) is 18.2. The number of guanidine groups is 1. The smallest absolute Gasteiger partial charge is 0.189 e. The number of terminal acetylenes is 1. The van der Waals surface area contributed by atoms with Gasteiger partial charge in [-0.1, -0.05) is 36.3 Å². The van der Waals surface area contributed by atoms with Gasteiger partial charge in [0.15, 0.2) is 5.96 Å². The lowest BCUT2D eigenvalue weighted by molar-refractivity contribution is 0.262. The zero-order valence-corrected chi connectivity index (χ0v) is 14.7. The SMILES string of the molecule is C#CCOc1ccc(CCN=C(N)NC2CCOc3ccccc32)cc1. The zero-order valence-electron chi connectivity index (χ0n) is 14.7. The molecule has 0 fully saturated rings. The molecule has 1 unspecified atom stereocenters. The maximum absolute atomic E-state index is 6.06. The summed E-state index contributed by atoms with van der Waals surface area (Å²) in [7, 11) is 0. The van der Waals surface area contributed by atoms with E-state index in [2.05, 4.69) is 22.3 Å². The number of nitrogens with two attached hydrogens (primary N) is 1. The lowest BCUT2D eigenvalue weighted by atomic mass is 10.0. The Balaban J connectivity index is 1.51. The van der Waals surface area contributed by atoms with E-state index >= 15 is 0 Å². The molecular formula is C21H23N3O2. The molecule has 1 aliphatic heterocycles. The van der Waals surface area contributed by atoms with Crippen LogP contribution in [-0.2, 0) is 6.42 Å². The van der Waals surface area contributed by atoms with Gasteiger partial charge in [-0.05, 0) is 30.2 Å². The van der Waals surface area contributed by atoms with Gasteiger partial charge in [0.05, 0.1) is 12.6 Å². The summed E-state index contributed by atoms with van der Waals surface area (Å²) >= 11 is 0. The first-order chi connectivity index (χ1) is 12.8. The molecule has 0 radical (unpaired) electrons. The Labute approximate surface area is 154 Å². The summed E-state index contributed by atoms with van der Waals surface area (Å²) < 4.78 is 11.0. The molecule has 1 aliphatic rings. The fourth-order valence-corrected chi connectivity index (χ4v) is 2.90. The Kier molecular flexibility index (Phi) is 6.00. The van der Waals surface area contributed by atoms with Crippen LogP contribution >= 0.6 is 0 Å². The van der Waals surface area contributed by atoms with Gasteiger partial charge in [-0.25, -0.2) is 0 Å². The van der Waals surface area contributed by atoms with E-state index in [0.29, 0.717) is 19.1 Å². The number of ether oxygens (including phenoxy) is 2. The Morgan fingerprint density at radius 3 is 2.88 bits per heavy atom. The van der Waals surface area contributed by atoms with Crippen LogP contribution in [0.25, 0.3) is 0 Å². The number of aliphatic imine (C=N–C) groups is 1. The number of nitrogens with zero attached hydrogens (tertiary/aromatic N) is 1. The molecule has 134 valence electrons. The summed E-state index contributed by atoms with van der Waals surface area (Å²) in [5.74, 6) is 4.59. The third-order valence-electron chi connectivity index (χ3n) is 4.21. The third kappa shape index (κ3) is 4.70. The molecule has 0 bridgehead atoms. The molecule has 1 heterocycles. The third-order valence-corrected chi connectivity index (χ3v) is 4.21. The minimum absolute atomic E-state index is 0.135. The van der Waals surface area contributed by atoms with Crippen LogP contribution in [0.15, 0.2) is 53.5 Å². The molecule has 1 atom stereocenters. The monoisotopic (exact) mass is 349 g/mol. The van der Waals surface area contributed by atoms with Gasteiger partial charge in [-0.3, -0.25) is 4.99 Å². The summed E-state index contributed by atoms with van der Waals surface area (Å²) in [4.78, 5) is 4.44. The molecule has 3 rings (SSSR count). The highest BCUT2D eigenvalue weighted by Crippen LogP contribution is 2.31. The van der Waals surface area contributed by atoms with Crippen LogP contribution in [0.1, 0.15) is 23.6 Å².